The first kappa shape index (κ1) is 35.8. The van der Waals surface area contributed by atoms with Gasteiger partial charge in [0.25, 0.3) is 0 Å². The van der Waals surface area contributed by atoms with Gasteiger partial charge in [-0.15, -0.1) is 0 Å². The van der Waals surface area contributed by atoms with E-state index in [9.17, 15) is 19.2 Å². The Balaban J connectivity index is 1.18. The summed E-state index contributed by atoms with van der Waals surface area (Å²) in [6, 6.07) is 11.1. The lowest BCUT2D eigenvalue weighted by Gasteiger charge is -2.08. The van der Waals surface area contributed by atoms with E-state index in [1.165, 1.54) is 13.8 Å². The minimum Gasteiger partial charge on any atom is -0.497 e. The largest absolute Gasteiger partial charge is 0.497 e. The van der Waals surface area contributed by atoms with Crippen molar-refractivity contribution in [2.45, 2.75) is 65.2 Å². The van der Waals surface area contributed by atoms with E-state index in [2.05, 4.69) is 20.6 Å². The first-order valence-corrected chi connectivity index (χ1v) is 16.4. The number of hydrogen-bond acceptors (Lipinski definition) is 8. The molecule has 4 aromatic rings. The molecule has 2 aromatic carbocycles. The van der Waals surface area contributed by atoms with E-state index < -0.39 is 11.9 Å². The number of unbranched alkanes of at least 4 members (excludes halogenated alkanes) is 5. The Bertz CT molecular complexity index is 1600. The Kier molecular flexibility index (Phi) is 13.3. The van der Waals surface area contributed by atoms with Crippen LogP contribution in [-0.4, -0.2) is 74.2 Å². The molecule has 2 heterocycles. The van der Waals surface area contributed by atoms with Gasteiger partial charge >= 0.3 is 11.9 Å². The minimum atomic E-state index is -0.419. The number of nitrogens with one attached hydrogen (secondary N) is 4. The highest BCUT2D eigenvalue weighted by molar-refractivity contribution is 5.99. The second kappa shape index (κ2) is 17.8. The van der Waals surface area contributed by atoms with Gasteiger partial charge in [0, 0.05) is 48.7 Å². The second-order valence-electron chi connectivity index (χ2n) is 11.6. The van der Waals surface area contributed by atoms with Crippen LogP contribution in [-0.2, 0) is 31.9 Å². The number of ether oxygens (including phenoxy) is 4. The maximum Gasteiger partial charge on any atom is 0.355 e. The molecule has 0 aliphatic heterocycles. The summed E-state index contributed by atoms with van der Waals surface area (Å²) in [4.78, 5) is 55.1. The Hall–Kier alpha value is -5.00. The van der Waals surface area contributed by atoms with Crippen molar-refractivity contribution in [3.05, 3.63) is 58.9 Å². The summed E-state index contributed by atoms with van der Waals surface area (Å²) in [5, 5.41) is 7.29. The third-order valence-corrected chi connectivity index (χ3v) is 8.14. The first-order valence-electron chi connectivity index (χ1n) is 16.4. The smallest absolute Gasteiger partial charge is 0.355 e. The van der Waals surface area contributed by atoms with Crippen LogP contribution in [0.15, 0.2) is 36.4 Å². The van der Waals surface area contributed by atoms with E-state index in [0.717, 1.165) is 71.5 Å². The standard InChI is InChI=1S/C36H46N4O8/c1-23(41)37-17-15-27-29-21-25(45-3)11-13-31(29)39-33(27)35(43)47-19-9-7-5-6-8-10-20-48-36(44)34-28(16-18-38-24(2)42)30-22-26(46-4)12-14-32(30)40-34/h11-14,21-22,39-40H,5-10,15-20H2,1-4H3,(H,37,41)(H,38,42). The lowest BCUT2D eigenvalue weighted by Crippen LogP contribution is -2.23. The number of benzene rings is 2. The fraction of sp³-hybridized carbons (Fsp3) is 0.444. The Labute approximate surface area is 280 Å². The Morgan fingerprint density at radius 3 is 1.38 bits per heavy atom. The Morgan fingerprint density at radius 1 is 0.604 bits per heavy atom. The average molecular weight is 663 g/mol. The van der Waals surface area contributed by atoms with Crippen molar-refractivity contribution in [2.24, 2.45) is 0 Å². The van der Waals surface area contributed by atoms with Crippen molar-refractivity contribution in [2.75, 3.05) is 40.5 Å². The fourth-order valence-electron chi connectivity index (χ4n) is 5.69. The molecule has 4 rings (SSSR count). The van der Waals surface area contributed by atoms with Crippen LogP contribution in [0.3, 0.4) is 0 Å². The van der Waals surface area contributed by atoms with Gasteiger partial charge in [-0.1, -0.05) is 25.7 Å². The maximum absolute atomic E-state index is 13.0. The molecule has 12 nitrogen and oxygen atoms in total. The SMILES string of the molecule is COc1ccc2[nH]c(C(=O)OCCCCCCCCOC(=O)c3[nH]c4ccc(OC)cc4c3CCNC(C)=O)c(CCNC(C)=O)c2c1. The summed E-state index contributed by atoms with van der Waals surface area (Å²) in [6.07, 6.45) is 6.18. The van der Waals surface area contributed by atoms with Crippen molar-refractivity contribution in [1.29, 1.82) is 0 Å². The van der Waals surface area contributed by atoms with Gasteiger partial charge in [-0.25, -0.2) is 9.59 Å². The van der Waals surface area contributed by atoms with Gasteiger partial charge in [0.15, 0.2) is 0 Å². The lowest BCUT2D eigenvalue weighted by atomic mass is 10.1. The number of fused-ring (bicyclic) bond motifs is 2. The van der Waals surface area contributed by atoms with Gasteiger partial charge in [0.05, 0.1) is 27.4 Å². The summed E-state index contributed by atoms with van der Waals surface area (Å²) in [6.45, 7) is 4.34. The van der Waals surface area contributed by atoms with E-state index in [0.29, 0.717) is 62.0 Å². The number of esters is 2. The molecule has 2 amide bonds. The molecule has 48 heavy (non-hydrogen) atoms. The molecule has 0 spiro atoms. The minimum absolute atomic E-state index is 0.130. The van der Waals surface area contributed by atoms with Crippen LogP contribution in [0.2, 0.25) is 0 Å². The van der Waals surface area contributed by atoms with Gasteiger partial charge in [0.2, 0.25) is 11.8 Å². The summed E-state index contributed by atoms with van der Waals surface area (Å²) < 4.78 is 21.9. The molecule has 0 radical (unpaired) electrons. The van der Waals surface area contributed by atoms with Gasteiger partial charge in [-0.2, -0.15) is 0 Å². The normalized spacial score (nSPS) is 11.0. The Morgan fingerprint density at radius 2 is 1.00 bits per heavy atom. The van der Waals surface area contributed by atoms with Crippen molar-refractivity contribution >= 4 is 45.6 Å². The molecule has 0 aliphatic carbocycles. The average Bonchev–Trinajstić information content (AvgIpc) is 3.62. The summed E-state index contributed by atoms with van der Waals surface area (Å²) in [7, 11) is 3.18. The first-order chi connectivity index (χ1) is 23.2. The molecule has 12 heteroatoms. The predicted octanol–water partition coefficient (Wildman–Crippen LogP) is 5.38. The zero-order valence-electron chi connectivity index (χ0n) is 28.2. The number of carbonyl (C=O) groups is 4. The topological polar surface area (TPSA) is 161 Å². The number of amides is 2. The maximum atomic E-state index is 13.0. The van der Waals surface area contributed by atoms with E-state index in [4.69, 9.17) is 18.9 Å². The van der Waals surface area contributed by atoms with Crippen molar-refractivity contribution < 1.29 is 38.1 Å². The summed E-state index contributed by atoms with van der Waals surface area (Å²) in [5.41, 5.74) is 3.96. The van der Waals surface area contributed by atoms with E-state index in [-0.39, 0.29) is 11.8 Å². The van der Waals surface area contributed by atoms with Crippen LogP contribution in [0.4, 0.5) is 0 Å². The molecule has 0 bridgehead atoms. The van der Waals surface area contributed by atoms with E-state index >= 15 is 0 Å². The number of aromatic amines is 2. The number of methoxy groups -OCH3 is 2. The number of H-pyrrole nitrogens is 2. The molecule has 0 unspecified atom stereocenters. The molecule has 258 valence electrons. The molecule has 0 saturated heterocycles. The van der Waals surface area contributed by atoms with Crippen LogP contribution < -0.4 is 20.1 Å². The van der Waals surface area contributed by atoms with Gasteiger partial charge in [0.1, 0.15) is 22.9 Å². The molecular formula is C36H46N4O8. The molecular weight excluding hydrogens is 616 g/mol. The lowest BCUT2D eigenvalue weighted by molar-refractivity contribution is -0.119. The number of rotatable bonds is 19. The molecule has 0 fully saturated rings. The van der Waals surface area contributed by atoms with E-state index in [1.807, 2.05) is 36.4 Å². The van der Waals surface area contributed by atoms with Crippen molar-refractivity contribution in [3.8, 4) is 11.5 Å². The summed E-state index contributed by atoms with van der Waals surface area (Å²) in [5.74, 6) is 0.263. The van der Waals surface area contributed by atoms with Crippen LogP contribution in [0, 0.1) is 0 Å². The van der Waals surface area contributed by atoms with Crippen molar-refractivity contribution in [3.63, 3.8) is 0 Å². The fourth-order valence-corrected chi connectivity index (χ4v) is 5.69. The number of carbonyl (C=O) groups excluding carboxylic acids is 4. The highest BCUT2D eigenvalue weighted by atomic mass is 16.5. The van der Waals surface area contributed by atoms with Gasteiger partial charge < -0.3 is 39.5 Å². The van der Waals surface area contributed by atoms with Gasteiger partial charge in [-0.05, 0) is 73.2 Å². The zero-order chi connectivity index (χ0) is 34.5. The third kappa shape index (κ3) is 9.76. The van der Waals surface area contributed by atoms with Crippen LogP contribution in [0.5, 0.6) is 11.5 Å². The molecule has 0 atom stereocenters. The number of aromatic nitrogens is 2. The zero-order valence-corrected chi connectivity index (χ0v) is 28.2. The number of hydrogen-bond donors (Lipinski definition) is 4. The third-order valence-electron chi connectivity index (χ3n) is 8.14. The molecule has 2 aromatic heterocycles. The predicted molar refractivity (Wildman–Crippen MR) is 183 cm³/mol. The van der Waals surface area contributed by atoms with Crippen molar-refractivity contribution in [1.82, 2.24) is 20.6 Å². The highest BCUT2D eigenvalue weighted by Crippen LogP contribution is 2.29. The quantitative estimate of drug-likeness (QED) is 0.0769. The second-order valence-corrected chi connectivity index (χ2v) is 11.6. The van der Waals surface area contributed by atoms with E-state index in [1.54, 1.807) is 14.2 Å². The van der Waals surface area contributed by atoms with Gasteiger partial charge in [-0.3, -0.25) is 9.59 Å². The summed E-state index contributed by atoms with van der Waals surface area (Å²) >= 11 is 0. The molecule has 4 N–H and O–H groups in total. The molecule has 0 aliphatic rings. The van der Waals surface area contributed by atoms with Crippen LogP contribution in [0.1, 0.15) is 84.5 Å². The highest BCUT2D eigenvalue weighted by Gasteiger charge is 2.21. The molecule has 0 saturated carbocycles. The monoisotopic (exact) mass is 662 g/mol. The van der Waals surface area contributed by atoms with Crippen LogP contribution >= 0.6 is 0 Å². The van der Waals surface area contributed by atoms with Crippen LogP contribution in [0.25, 0.3) is 21.8 Å².